The summed E-state index contributed by atoms with van der Waals surface area (Å²) in [6.07, 6.45) is 22.8. The Balaban J connectivity index is 2.48. The third-order valence-corrected chi connectivity index (χ3v) is 2.11. The highest BCUT2D eigenvalue weighted by molar-refractivity contribution is 5.15. The molecule has 0 N–H and O–H groups in total. The molecule has 0 spiro atoms. The van der Waals surface area contributed by atoms with Crippen LogP contribution in [0.3, 0.4) is 0 Å². The van der Waals surface area contributed by atoms with Gasteiger partial charge in [-0.15, -0.1) is 5.73 Å². The van der Waals surface area contributed by atoms with Crippen LogP contribution in [0.25, 0.3) is 0 Å². The van der Waals surface area contributed by atoms with Crippen LogP contribution < -0.4 is 0 Å². The van der Waals surface area contributed by atoms with Gasteiger partial charge in [0.2, 0.25) is 0 Å². The fraction of sp³-hybridized carbons (Fsp3) is 0.357. The highest BCUT2D eigenvalue weighted by atomic mass is 13.9. The third-order valence-electron chi connectivity index (χ3n) is 2.11. The van der Waals surface area contributed by atoms with Crippen molar-refractivity contribution in [2.45, 2.75) is 32.1 Å². The maximum atomic E-state index is 3.15. The molecule has 0 saturated carbocycles. The molecular weight excluding hydrogens is 168 g/mol. The first-order chi connectivity index (χ1) is 7.00. The monoisotopic (exact) mass is 186 g/mol. The quantitative estimate of drug-likeness (QED) is 0.494. The van der Waals surface area contributed by atoms with Crippen LogP contribution >= 0.6 is 0 Å². The lowest BCUT2D eigenvalue weighted by Gasteiger charge is -1.93. The van der Waals surface area contributed by atoms with E-state index in [-0.39, 0.29) is 0 Å². The summed E-state index contributed by atoms with van der Waals surface area (Å²) in [4.78, 5) is 0. The largest absolute Gasteiger partial charge is 0.125 e. The zero-order valence-electron chi connectivity index (χ0n) is 8.65. The van der Waals surface area contributed by atoms with Crippen molar-refractivity contribution in [3.05, 3.63) is 54.3 Å². The van der Waals surface area contributed by atoms with Crippen LogP contribution in [-0.2, 0) is 0 Å². The van der Waals surface area contributed by atoms with Crippen LogP contribution in [0.2, 0.25) is 0 Å². The molecular formula is C14H18. The molecule has 0 amide bonds. The molecule has 0 heteroatoms. The molecule has 0 radical (unpaired) electrons. The van der Waals surface area contributed by atoms with Gasteiger partial charge >= 0.3 is 0 Å². The summed E-state index contributed by atoms with van der Waals surface area (Å²) in [6.45, 7) is 0. The Morgan fingerprint density at radius 1 is 0.714 bits per heavy atom. The Bertz CT molecular complexity index is 270. The van der Waals surface area contributed by atoms with E-state index in [4.69, 9.17) is 0 Å². The van der Waals surface area contributed by atoms with Crippen molar-refractivity contribution < 1.29 is 0 Å². The number of hydrogen-bond donors (Lipinski definition) is 0. The number of allylic oxidation sites excluding steroid dienone is 7. The van der Waals surface area contributed by atoms with Gasteiger partial charge in [0.05, 0.1) is 0 Å². The minimum Gasteiger partial charge on any atom is -0.125 e. The first kappa shape index (κ1) is 10.8. The van der Waals surface area contributed by atoms with Gasteiger partial charge in [0.1, 0.15) is 0 Å². The fourth-order valence-corrected chi connectivity index (χ4v) is 1.32. The maximum Gasteiger partial charge on any atom is -0.0203 e. The first-order valence-corrected chi connectivity index (χ1v) is 5.39. The van der Waals surface area contributed by atoms with E-state index in [1.54, 1.807) is 0 Å². The van der Waals surface area contributed by atoms with Gasteiger partial charge in [0.25, 0.3) is 0 Å². The smallest absolute Gasteiger partial charge is 0.0203 e. The predicted octanol–water partition coefficient (Wildman–Crippen LogP) is 4.33. The normalized spacial score (nSPS) is 25.1. The van der Waals surface area contributed by atoms with Crippen molar-refractivity contribution in [1.29, 1.82) is 0 Å². The van der Waals surface area contributed by atoms with Gasteiger partial charge in [-0.1, -0.05) is 42.9 Å². The van der Waals surface area contributed by atoms with E-state index < -0.39 is 0 Å². The van der Waals surface area contributed by atoms with E-state index in [2.05, 4.69) is 30.0 Å². The van der Waals surface area contributed by atoms with Crippen molar-refractivity contribution >= 4 is 0 Å². The number of rotatable bonds is 0. The highest BCUT2D eigenvalue weighted by Crippen LogP contribution is 2.04. The summed E-state index contributed by atoms with van der Waals surface area (Å²) in [6, 6.07) is 0. The van der Waals surface area contributed by atoms with Crippen molar-refractivity contribution in [2.75, 3.05) is 0 Å². The minimum atomic E-state index is 1.16. The zero-order valence-corrected chi connectivity index (χ0v) is 8.65. The molecule has 74 valence electrons. The summed E-state index contributed by atoms with van der Waals surface area (Å²) in [5, 5.41) is 0. The molecule has 1 rings (SSSR count). The standard InChI is InChI=1S/C14H18/c1-2-4-6-8-10-12-14-13-11-9-7-5-3-1/h1-7,11H,8,10,12-14H2/b2-1-,5-3+,6-4+. The van der Waals surface area contributed by atoms with Gasteiger partial charge in [-0.05, 0) is 37.8 Å². The lowest BCUT2D eigenvalue weighted by Crippen LogP contribution is -1.74. The molecule has 0 unspecified atom stereocenters. The predicted molar refractivity (Wildman–Crippen MR) is 63.2 cm³/mol. The molecule has 0 bridgehead atoms. The second-order valence-electron chi connectivity index (χ2n) is 3.37. The fourth-order valence-electron chi connectivity index (χ4n) is 1.32. The molecule has 0 fully saturated rings. The Morgan fingerprint density at radius 2 is 1.50 bits per heavy atom. The van der Waals surface area contributed by atoms with Crippen molar-refractivity contribution in [2.24, 2.45) is 0 Å². The van der Waals surface area contributed by atoms with Crippen molar-refractivity contribution in [1.82, 2.24) is 0 Å². The van der Waals surface area contributed by atoms with Gasteiger partial charge in [-0.3, -0.25) is 0 Å². The number of hydrogen-bond acceptors (Lipinski definition) is 0. The summed E-state index contributed by atoms with van der Waals surface area (Å²) in [5.74, 6) is 0. The van der Waals surface area contributed by atoms with Gasteiger partial charge in [-0.25, -0.2) is 0 Å². The van der Waals surface area contributed by atoms with Crippen molar-refractivity contribution in [3.63, 3.8) is 0 Å². The van der Waals surface area contributed by atoms with E-state index in [1.165, 1.54) is 25.7 Å². The van der Waals surface area contributed by atoms with Gasteiger partial charge in [-0.2, -0.15) is 0 Å². The Kier molecular flexibility index (Phi) is 6.45. The molecule has 0 aromatic rings. The summed E-state index contributed by atoms with van der Waals surface area (Å²) in [7, 11) is 0. The molecule has 14 heavy (non-hydrogen) atoms. The second kappa shape index (κ2) is 8.34. The topological polar surface area (TPSA) is 0 Å². The van der Waals surface area contributed by atoms with E-state index >= 15 is 0 Å². The molecule has 0 heterocycles. The van der Waals surface area contributed by atoms with Crippen LogP contribution in [0.1, 0.15) is 32.1 Å². The van der Waals surface area contributed by atoms with Crippen LogP contribution in [0, 0.1) is 0 Å². The lowest BCUT2D eigenvalue weighted by atomic mass is 10.1. The maximum absolute atomic E-state index is 3.15. The summed E-state index contributed by atoms with van der Waals surface area (Å²) in [5.41, 5.74) is 3.15. The lowest BCUT2D eigenvalue weighted by molar-refractivity contribution is 0.696. The van der Waals surface area contributed by atoms with Crippen molar-refractivity contribution in [3.8, 4) is 0 Å². The molecule has 0 aromatic heterocycles. The van der Waals surface area contributed by atoms with E-state index in [0.717, 1.165) is 6.42 Å². The molecule has 0 aromatic carbocycles. The first-order valence-electron chi connectivity index (χ1n) is 5.39. The van der Waals surface area contributed by atoms with Gasteiger partial charge < -0.3 is 0 Å². The molecule has 0 saturated heterocycles. The van der Waals surface area contributed by atoms with Crippen LogP contribution in [-0.4, -0.2) is 0 Å². The zero-order chi connectivity index (χ0) is 9.90. The molecule has 0 atom stereocenters. The van der Waals surface area contributed by atoms with E-state index in [0.29, 0.717) is 0 Å². The van der Waals surface area contributed by atoms with E-state index in [9.17, 15) is 0 Å². The average molecular weight is 186 g/mol. The Labute approximate surface area is 87.0 Å². The summed E-state index contributed by atoms with van der Waals surface area (Å²) >= 11 is 0. The summed E-state index contributed by atoms with van der Waals surface area (Å²) < 4.78 is 0. The molecule has 1 aliphatic rings. The molecule has 1 aliphatic carbocycles. The molecule has 0 nitrogen and oxygen atoms in total. The van der Waals surface area contributed by atoms with E-state index in [1.807, 2.05) is 24.3 Å². The third kappa shape index (κ3) is 6.28. The SMILES string of the molecule is C1=C/C=C/C=C\C=C\CCCCCC=1. The van der Waals surface area contributed by atoms with Gasteiger partial charge in [0, 0.05) is 0 Å². The van der Waals surface area contributed by atoms with Gasteiger partial charge in [0.15, 0.2) is 0 Å². The van der Waals surface area contributed by atoms with Crippen LogP contribution in [0.4, 0.5) is 0 Å². The average Bonchev–Trinajstić information content (AvgIpc) is 2.22. The minimum absolute atomic E-state index is 1.16. The Hall–Kier alpha value is -1.26. The second-order valence-corrected chi connectivity index (χ2v) is 3.37. The Morgan fingerprint density at radius 3 is 2.50 bits per heavy atom. The van der Waals surface area contributed by atoms with Crippen LogP contribution in [0.15, 0.2) is 54.3 Å². The van der Waals surface area contributed by atoms with Crippen LogP contribution in [0.5, 0.6) is 0 Å². The molecule has 0 aliphatic heterocycles. The highest BCUT2D eigenvalue weighted by Gasteiger charge is 1.84.